The third kappa shape index (κ3) is 3.87. The summed E-state index contributed by atoms with van der Waals surface area (Å²) in [4.78, 5) is 12.7. The van der Waals surface area contributed by atoms with Crippen molar-refractivity contribution >= 4 is 31.7 Å². The Bertz CT molecular complexity index is 876. The molecule has 0 radical (unpaired) electrons. The summed E-state index contributed by atoms with van der Waals surface area (Å²) in [6, 6.07) is 12.7. The van der Waals surface area contributed by atoms with Crippen molar-refractivity contribution in [2.45, 2.75) is 24.3 Å². The quantitative estimate of drug-likeness (QED) is 0.847. The number of amides is 1. The first-order chi connectivity index (χ1) is 11.3. The Morgan fingerprint density at radius 1 is 1.12 bits per heavy atom. The Kier molecular flexibility index (Phi) is 4.78. The highest BCUT2D eigenvalue weighted by molar-refractivity contribution is 9.10. The maximum absolute atomic E-state index is 12.4. The van der Waals surface area contributed by atoms with Crippen LogP contribution in [0.4, 0.5) is 0 Å². The van der Waals surface area contributed by atoms with Gasteiger partial charge in [0, 0.05) is 23.2 Å². The molecule has 126 valence electrons. The molecule has 6 heteroatoms. The molecule has 4 nitrogen and oxygen atoms in total. The molecule has 0 bridgehead atoms. The van der Waals surface area contributed by atoms with E-state index < -0.39 is 9.84 Å². The van der Waals surface area contributed by atoms with Crippen molar-refractivity contribution in [3.05, 3.63) is 63.6 Å². The van der Waals surface area contributed by atoms with Gasteiger partial charge in [-0.15, -0.1) is 0 Å². The molecule has 0 saturated heterocycles. The highest BCUT2D eigenvalue weighted by Crippen LogP contribution is 2.29. The minimum atomic E-state index is -3.19. The number of carbonyl (C=O) groups is 1. The second-order valence-corrected chi connectivity index (χ2v) is 9.08. The van der Waals surface area contributed by atoms with E-state index >= 15 is 0 Å². The molecule has 1 aliphatic carbocycles. The highest BCUT2D eigenvalue weighted by atomic mass is 79.9. The smallest absolute Gasteiger partial charge is 0.224 e. The van der Waals surface area contributed by atoms with E-state index in [1.54, 1.807) is 24.3 Å². The molecular formula is C18H18BrNO3S. The lowest BCUT2D eigenvalue weighted by atomic mass is 10.1. The van der Waals surface area contributed by atoms with Gasteiger partial charge in [0.2, 0.25) is 5.91 Å². The molecule has 0 fully saturated rings. The van der Waals surface area contributed by atoms with Crippen LogP contribution in [0.25, 0.3) is 0 Å². The van der Waals surface area contributed by atoms with Crippen LogP contribution in [0.3, 0.4) is 0 Å². The van der Waals surface area contributed by atoms with Gasteiger partial charge in [0.25, 0.3) is 0 Å². The number of nitrogens with one attached hydrogen (secondary N) is 1. The van der Waals surface area contributed by atoms with Crippen LogP contribution in [0.5, 0.6) is 0 Å². The van der Waals surface area contributed by atoms with Crippen molar-refractivity contribution in [3.63, 3.8) is 0 Å². The molecule has 1 aliphatic rings. The monoisotopic (exact) mass is 407 g/mol. The molecule has 0 saturated carbocycles. The fourth-order valence-corrected chi connectivity index (χ4v) is 4.00. The molecule has 1 N–H and O–H groups in total. The summed E-state index contributed by atoms with van der Waals surface area (Å²) in [5, 5.41) is 2.95. The van der Waals surface area contributed by atoms with E-state index in [1.165, 1.54) is 17.4 Å². The summed E-state index contributed by atoms with van der Waals surface area (Å²) in [7, 11) is -3.19. The Labute approximate surface area is 150 Å². The van der Waals surface area contributed by atoms with Crippen molar-refractivity contribution in [1.29, 1.82) is 0 Å². The minimum absolute atomic E-state index is 0.0366. The number of fused-ring (bicyclic) bond motifs is 1. The van der Waals surface area contributed by atoms with Gasteiger partial charge >= 0.3 is 0 Å². The van der Waals surface area contributed by atoms with Crippen LogP contribution < -0.4 is 5.32 Å². The van der Waals surface area contributed by atoms with E-state index in [0.717, 1.165) is 22.9 Å². The molecule has 3 rings (SSSR count). The summed E-state index contributed by atoms with van der Waals surface area (Å²) in [5.41, 5.74) is 3.34. The van der Waals surface area contributed by atoms with Crippen LogP contribution in [0, 0.1) is 5.92 Å². The van der Waals surface area contributed by atoms with Gasteiger partial charge in [0.15, 0.2) is 9.84 Å². The molecule has 24 heavy (non-hydrogen) atoms. The SMILES string of the molecule is CS(=O)(=O)c1ccc(CNC(=O)C2Cc3ccc(Br)cc3C2)cc1. The number of carbonyl (C=O) groups excluding carboxylic acids is 1. The molecule has 0 aliphatic heterocycles. The molecule has 2 aromatic rings. The Morgan fingerprint density at radius 2 is 1.79 bits per heavy atom. The first kappa shape index (κ1) is 17.2. The summed E-state index contributed by atoms with van der Waals surface area (Å²) >= 11 is 3.46. The van der Waals surface area contributed by atoms with Crippen LogP contribution in [-0.2, 0) is 34.0 Å². The second kappa shape index (κ2) is 6.69. The summed E-state index contributed by atoms with van der Waals surface area (Å²) in [5.74, 6) is -0.000829. The molecule has 2 aromatic carbocycles. The first-order valence-corrected chi connectivity index (χ1v) is 10.4. The van der Waals surface area contributed by atoms with Crippen molar-refractivity contribution < 1.29 is 13.2 Å². The average Bonchev–Trinajstić information content (AvgIpc) is 2.95. The Morgan fingerprint density at radius 3 is 2.46 bits per heavy atom. The topological polar surface area (TPSA) is 63.2 Å². The lowest BCUT2D eigenvalue weighted by Gasteiger charge is -2.10. The summed E-state index contributed by atoms with van der Waals surface area (Å²) in [6.07, 6.45) is 2.70. The molecular weight excluding hydrogens is 390 g/mol. The van der Waals surface area contributed by atoms with E-state index in [4.69, 9.17) is 0 Å². The molecule has 0 spiro atoms. The molecule has 1 amide bonds. The second-order valence-electron chi connectivity index (χ2n) is 6.15. The normalized spacial score (nSPS) is 16.7. The zero-order valence-corrected chi connectivity index (χ0v) is 15.7. The van der Waals surface area contributed by atoms with E-state index in [-0.39, 0.29) is 16.7 Å². The van der Waals surface area contributed by atoms with Crippen LogP contribution in [0.1, 0.15) is 16.7 Å². The lowest BCUT2D eigenvalue weighted by molar-refractivity contribution is -0.124. The van der Waals surface area contributed by atoms with Crippen molar-refractivity contribution in [2.75, 3.05) is 6.26 Å². The zero-order chi connectivity index (χ0) is 17.3. The fraction of sp³-hybridized carbons (Fsp3) is 0.278. The Hall–Kier alpha value is -1.66. The van der Waals surface area contributed by atoms with Crippen molar-refractivity contribution in [1.82, 2.24) is 5.32 Å². The van der Waals surface area contributed by atoms with Gasteiger partial charge in [-0.1, -0.05) is 34.1 Å². The third-order valence-electron chi connectivity index (χ3n) is 4.29. The standard InChI is InChI=1S/C18H18BrNO3S/c1-24(22,23)17-6-2-12(3-7-17)11-20-18(21)15-8-13-4-5-16(19)10-14(13)9-15/h2-7,10,15H,8-9,11H2,1H3,(H,20,21). The Balaban J connectivity index is 1.59. The van der Waals surface area contributed by atoms with Gasteiger partial charge < -0.3 is 5.32 Å². The largest absolute Gasteiger partial charge is 0.352 e. The van der Waals surface area contributed by atoms with Gasteiger partial charge in [-0.05, 0) is 53.8 Å². The van der Waals surface area contributed by atoms with Crippen LogP contribution in [0.15, 0.2) is 51.8 Å². The zero-order valence-electron chi connectivity index (χ0n) is 13.3. The van der Waals surface area contributed by atoms with Crippen LogP contribution in [-0.4, -0.2) is 20.6 Å². The van der Waals surface area contributed by atoms with Gasteiger partial charge in [-0.2, -0.15) is 0 Å². The van der Waals surface area contributed by atoms with Gasteiger partial charge in [0.05, 0.1) is 4.90 Å². The maximum Gasteiger partial charge on any atom is 0.224 e. The average molecular weight is 408 g/mol. The van der Waals surface area contributed by atoms with Gasteiger partial charge in [-0.25, -0.2) is 8.42 Å². The summed E-state index contributed by atoms with van der Waals surface area (Å²) < 4.78 is 23.9. The molecule has 0 aromatic heterocycles. The molecule has 1 unspecified atom stereocenters. The third-order valence-corrected chi connectivity index (χ3v) is 5.91. The lowest BCUT2D eigenvalue weighted by Crippen LogP contribution is -2.30. The van der Waals surface area contributed by atoms with E-state index in [9.17, 15) is 13.2 Å². The van der Waals surface area contributed by atoms with Crippen molar-refractivity contribution in [3.8, 4) is 0 Å². The number of hydrogen-bond acceptors (Lipinski definition) is 3. The number of hydrogen-bond donors (Lipinski definition) is 1. The molecule has 1 atom stereocenters. The van der Waals surface area contributed by atoms with Gasteiger partial charge in [0.1, 0.15) is 0 Å². The van der Waals surface area contributed by atoms with Crippen LogP contribution in [0.2, 0.25) is 0 Å². The number of rotatable bonds is 4. The predicted octanol–water partition coefficient (Wildman–Crippen LogP) is 2.88. The van der Waals surface area contributed by atoms with Crippen LogP contribution >= 0.6 is 15.9 Å². The highest BCUT2D eigenvalue weighted by Gasteiger charge is 2.27. The number of benzene rings is 2. The predicted molar refractivity (Wildman–Crippen MR) is 96.4 cm³/mol. The number of sulfone groups is 1. The summed E-state index contributed by atoms with van der Waals surface area (Å²) in [6.45, 7) is 0.402. The maximum atomic E-state index is 12.4. The minimum Gasteiger partial charge on any atom is -0.352 e. The van der Waals surface area contributed by atoms with Crippen molar-refractivity contribution in [2.24, 2.45) is 5.92 Å². The number of halogens is 1. The first-order valence-electron chi connectivity index (χ1n) is 7.67. The van der Waals surface area contributed by atoms with E-state index in [1.807, 2.05) is 6.07 Å². The van der Waals surface area contributed by atoms with E-state index in [0.29, 0.717) is 6.54 Å². The van der Waals surface area contributed by atoms with Gasteiger partial charge in [-0.3, -0.25) is 4.79 Å². The fourth-order valence-electron chi connectivity index (χ4n) is 2.96. The molecule has 0 heterocycles. The van der Waals surface area contributed by atoms with E-state index in [2.05, 4.69) is 33.4 Å².